The molecule has 2 N–H and O–H groups in total. The van der Waals surface area contributed by atoms with Gasteiger partial charge in [0.05, 0.1) is 17.3 Å². The summed E-state index contributed by atoms with van der Waals surface area (Å²) in [7, 11) is 1.57. The van der Waals surface area contributed by atoms with E-state index in [4.69, 9.17) is 19.9 Å². The van der Waals surface area contributed by atoms with Crippen LogP contribution >= 0.6 is 15.9 Å². The SMILES string of the molecule is COc1ccccc1OCCOc1cc(F)c(Br)cc1N. The van der Waals surface area contributed by atoms with E-state index in [1.165, 1.54) is 12.1 Å². The van der Waals surface area contributed by atoms with Gasteiger partial charge in [-0.15, -0.1) is 0 Å². The Morgan fingerprint density at radius 1 is 1.05 bits per heavy atom. The van der Waals surface area contributed by atoms with Crippen molar-refractivity contribution in [3.8, 4) is 17.2 Å². The predicted octanol–water partition coefficient (Wildman–Crippen LogP) is 3.64. The molecule has 2 aromatic carbocycles. The molecule has 0 bridgehead atoms. The van der Waals surface area contributed by atoms with Gasteiger partial charge in [0.2, 0.25) is 0 Å². The molecule has 4 nitrogen and oxygen atoms in total. The number of nitrogens with two attached hydrogens (primary N) is 1. The summed E-state index contributed by atoms with van der Waals surface area (Å²) >= 11 is 3.06. The highest BCUT2D eigenvalue weighted by molar-refractivity contribution is 9.10. The third-order valence-corrected chi connectivity index (χ3v) is 3.33. The van der Waals surface area contributed by atoms with E-state index in [1.807, 2.05) is 12.1 Å². The van der Waals surface area contributed by atoms with Crippen LogP contribution in [0.15, 0.2) is 40.9 Å². The minimum atomic E-state index is -0.426. The molecule has 0 radical (unpaired) electrons. The molecule has 0 amide bonds. The summed E-state index contributed by atoms with van der Waals surface area (Å²) in [6.07, 6.45) is 0. The Hall–Kier alpha value is -1.95. The van der Waals surface area contributed by atoms with Crippen LogP contribution in [0.1, 0.15) is 0 Å². The molecule has 0 fully saturated rings. The van der Waals surface area contributed by atoms with Gasteiger partial charge in [-0.25, -0.2) is 4.39 Å². The number of hydrogen-bond acceptors (Lipinski definition) is 4. The smallest absolute Gasteiger partial charge is 0.161 e. The summed E-state index contributed by atoms with van der Waals surface area (Å²) in [6.45, 7) is 0.529. The van der Waals surface area contributed by atoms with Gasteiger partial charge in [0.1, 0.15) is 24.8 Å². The molecule has 21 heavy (non-hydrogen) atoms. The quantitative estimate of drug-likeness (QED) is 0.634. The van der Waals surface area contributed by atoms with Gasteiger partial charge in [-0.2, -0.15) is 0 Å². The van der Waals surface area contributed by atoms with Crippen LogP contribution in [0.3, 0.4) is 0 Å². The molecule has 0 saturated carbocycles. The number of methoxy groups -OCH3 is 1. The minimum absolute atomic E-state index is 0.239. The van der Waals surface area contributed by atoms with Crippen molar-refractivity contribution in [1.29, 1.82) is 0 Å². The highest BCUT2D eigenvalue weighted by atomic mass is 79.9. The van der Waals surface area contributed by atoms with Gasteiger partial charge in [-0.3, -0.25) is 0 Å². The molecule has 0 aliphatic heterocycles. The molecule has 0 aliphatic carbocycles. The normalized spacial score (nSPS) is 10.2. The van der Waals surface area contributed by atoms with Gasteiger partial charge in [-0.1, -0.05) is 12.1 Å². The highest BCUT2D eigenvalue weighted by Crippen LogP contribution is 2.29. The lowest BCUT2D eigenvalue weighted by Crippen LogP contribution is -2.10. The molecule has 0 aromatic heterocycles. The first-order chi connectivity index (χ1) is 10.1. The zero-order chi connectivity index (χ0) is 15.2. The molecular weight excluding hydrogens is 341 g/mol. The summed E-state index contributed by atoms with van der Waals surface area (Å²) in [5, 5.41) is 0. The summed E-state index contributed by atoms with van der Waals surface area (Å²) < 4.78 is 29.8. The van der Waals surface area contributed by atoms with Crippen molar-refractivity contribution in [2.45, 2.75) is 0 Å². The van der Waals surface area contributed by atoms with E-state index in [0.29, 0.717) is 27.4 Å². The lowest BCUT2D eigenvalue weighted by atomic mass is 10.3. The van der Waals surface area contributed by atoms with Gasteiger partial charge in [0.15, 0.2) is 11.5 Å². The van der Waals surface area contributed by atoms with Crippen LogP contribution in [-0.2, 0) is 0 Å². The van der Waals surface area contributed by atoms with Crippen LogP contribution in [0, 0.1) is 5.82 Å². The molecular formula is C15H15BrFNO3. The summed E-state index contributed by atoms with van der Waals surface area (Å²) in [5.74, 6) is 1.13. The number of rotatable bonds is 6. The maximum atomic E-state index is 13.4. The molecule has 6 heteroatoms. The van der Waals surface area contributed by atoms with Crippen molar-refractivity contribution in [1.82, 2.24) is 0 Å². The number of hydrogen-bond donors (Lipinski definition) is 1. The van der Waals surface area contributed by atoms with Crippen LogP contribution in [0.5, 0.6) is 17.2 Å². The molecule has 112 valence electrons. The van der Waals surface area contributed by atoms with Gasteiger partial charge in [0, 0.05) is 6.07 Å². The van der Waals surface area contributed by atoms with E-state index in [2.05, 4.69) is 15.9 Å². The van der Waals surface area contributed by atoms with Crippen molar-refractivity contribution in [3.05, 3.63) is 46.7 Å². The lowest BCUT2D eigenvalue weighted by Gasteiger charge is -2.12. The summed E-state index contributed by atoms with van der Waals surface area (Å²) in [4.78, 5) is 0. The number of anilines is 1. The first kappa shape index (κ1) is 15.4. The van der Waals surface area contributed by atoms with E-state index < -0.39 is 5.82 Å². The number of para-hydroxylation sites is 2. The van der Waals surface area contributed by atoms with Crippen molar-refractivity contribution >= 4 is 21.6 Å². The van der Waals surface area contributed by atoms with Crippen molar-refractivity contribution in [3.63, 3.8) is 0 Å². The van der Waals surface area contributed by atoms with E-state index >= 15 is 0 Å². The fourth-order valence-electron chi connectivity index (χ4n) is 1.71. The highest BCUT2D eigenvalue weighted by Gasteiger charge is 2.07. The third-order valence-electron chi connectivity index (χ3n) is 2.72. The lowest BCUT2D eigenvalue weighted by molar-refractivity contribution is 0.211. The Labute approximate surface area is 130 Å². The predicted molar refractivity (Wildman–Crippen MR) is 82.5 cm³/mol. The molecule has 0 aliphatic rings. The Kier molecular flexibility index (Phi) is 5.27. The van der Waals surface area contributed by atoms with Gasteiger partial charge >= 0.3 is 0 Å². The fraction of sp³-hybridized carbons (Fsp3) is 0.200. The Balaban J connectivity index is 1.89. The van der Waals surface area contributed by atoms with Crippen molar-refractivity contribution < 1.29 is 18.6 Å². The van der Waals surface area contributed by atoms with Crippen LogP contribution in [-0.4, -0.2) is 20.3 Å². The Bertz CT molecular complexity index is 622. The second-order valence-corrected chi connectivity index (χ2v) is 5.01. The van der Waals surface area contributed by atoms with Crippen LogP contribution in [0.25, 0.3) is 0 Å². The third kappa shape index (κ3) is 4.01. The second-order valence-electron chi connectivity index (χ2n) is 4.15. The van der Waals surface area contributed by atoms with E-state index in [0.717, 1.165) is 0 Å². The Morgan fingerprint density at radius 2 is 1.67 bits per heavy atom. The Morgan fingerprint density at radius 3 is 2.33 bits per heavy atom. The van der Waals surface area contributed by atoms with Gasteiger partial charge < -0.3 is 19.9 Å². The first-order valence-corrected chi connectivity index (χ1v) is 7.04. The van der Waals surface area contributed by atoms with Crippen molar-refractivity contribution in [2.24, 2.45) is 0 Å². The monoisotopic (exact) mass is 355 g/mol. The molecule has 0 unspecified atom stereocenters. The van der Waals surface area contributed by atoms with Gasteiger partial charge in [0.25, 0.3) is 0 Å². The maximum absolute atomic E-state index is 13.4. The second kappa shape index (κ2) is 7.17. The minimum Gasteiger partial charge on any atom is -0.493 e. The van der Waals surface area contributed by atoms with Crippen LogP contribution in [0.4, 0.5) is 10.1 Å². The molecule has 2 aromatic rings. The van der Waals surface area contributed by atoms with Gasteiger partial charge in [-0.05, 0) is 34.1 Å². The van der Waals surface area contributed by atoms with E-state index in [9.17, 15) is 4.39 Å². The maximum Gasteiger partial charge on any atom is 0.161 e. The molecule has 0 saturated heterocycles. The van der Waals surface area contributed by atoms with Crippen LogP contribution in [0.2, 0.25) is 0 Å². The topological polar surface area (TPSA) is 53.7 Å². The largest absolute Gasteiger partial charge is 0.493 e. The number of benzene rings is 2. The standard InChI is InChI=1S/C15H15BrFNO3/c1-19-13-4-2-3-5-14(13)20-6-7-21-15-9-11(17)10(16)8-12(15)18/h2-5,8-9H,6-7,18H2,1H3. The number of ether oxygens (including phenoxy) is 3. The molecule has 2 rings (SSSR count). The zero-order valence-corrected chi connectivity index (χ0v) is 13.0. The average molecular weight is 356 g/mol. The first-order valence-electron chi connectivity index (χ1n) is 6.25. The van der Waals surface area contributed by atoms with Crippen LogP contribution < -0.4 is 19.9 Å². The fourth-order valence-corrected chi connectivity index (χ4v) is 2.07. The zero-order valence-electron chi connectivity index (χ0n) is 11.4. The molecule has 0 heterocycles. The van der Waals surface area contributed by atoms with E-state index in [-0.39, 0.29) is 13.2 Å². The summed E-state index contributed by atoms with van der Waals surface area (Å²) in [5.41, 5.74) is 6.11. The average Bonchev–Trinajstić information content (AvgIpc) is 2.49. The molecule has 0 spiro atoms. The van der Waals surface area contributed by atoms with E-state index in [1.54, 1.807) is 19.2 Å². The number of nitrogen functional groups attached to an aromatic ring is 1. The molecule has 0 atom stereocenters. The number of halogens is 2. The summed E-state index contributed by atoms with van der Waals surface area (Å²) in [6, 6.07) is 10.0. The van der Waals surface area contributed by atoms with Crippen molar-refractivity contribution in [2.75, 3.05) is 26.1 Å².